The Kier molecular flexibility index (Phi) is 8.42. The first-order chi connectivity index (χ1) is 16.9. The third kappa shape index (κ3) is 6.83. The number of morpholine rings is 1. The Labute approximate surface area is 205 Å². The van der Waals surface area contributed by atoms with E-state index in [0.29, 0.717) is 43.1 Å². The number of anilines is 1. The molecule has 0 spiro atoms. The van der Waals surface area contributed by atoms with Crippen molar-refractivity contribution >= 4 is 40.1 Å². The first-order valence-electron chi connectivity index (χ1n) is 11.3. The van der Waals surface area contributed by atoms with Crippen LogP contribution in [0.4, 0.5) is 24.5 Å². The summed E-state index contributed by atoms with van der Waals surface area (Å²) in [5, 5.41) is 2.07. The molecule has 35 heavy (non-hydrogen) atoms. The molecule has 2 aromatic rings. The van der Waals surface area contributed by atoms with Gasteiger partial charge in [0.1, 0.15) is 22.7 Å². The molecule has 186 valence electrons. The first-order valence-corrected chi connectivity index (χ1v) is 12.1. The number of thioether (sulfide) groups is 1. The fourth-order valence-electron chi connectivity index (χ4n) is 3.79. The highest BCUT2D eigenvalue weighted by atomic mass is 32.2. The minimum Gasteiger partial charge on any atom is -0.379 e. The van der Waals surface area contributed by atoms with Crippen LogP contribution >= 0.6 is 11.8 Å². The van der Waals surface area contributed by atoms with Crippen LogP contribution in [-0.2, 0) is 14.3 Å². The highest BCUT2D eigenvalue weighted by molar-refractivity contribution is 8.15. The van der Waals surface area contributed by atoms with Gasteiger partial charge in [0, 0.05) is 38.7 Å². The van der Waals surface area contributed by atoms with Crippen LogP contribution in [0.3, 0.4) is 0 Å². The zero-order chi connectivity index (χ0) is 24.8. The summed E-state index contributed by atoms with van der Waals surface area (Å²) in [6.45, 7) is 4.23. The van der Waals surface area contributed by atoms with Gasteiger partial charge in [-0.3, -0.25) is 19.4 Å². The van der Waals surface area contributed by atoms with E-state index in [-0.39, 0.29) is 18.0 Å². The molecule has 2 amide bonds. The molecule has 2 saturated heterocycles. The molecule has 0 radical (unpaired) electrons. The summed E-state index contributed by atoms with van der Waals surface area (Å²) in [5.74, 6) is -2.89. The predicted molar refractivity (Wildman–Crippen MR) is 128 cm³/mol. The minimum absolute atomic E-state index is 0.158. The summed E-state index contributed by atoms with van der Waals surface area (Å²) in [5.41, 5.74) is 0.327. The second-order valence-corrected chi connectivity index (χ2v) is 9.32. The van der Waals surface area contributed by atoms with E-state index in [2.05, 4.69) is 15.2 Å². The molecule has 1 N–H and O–H groups in total. The quantitative estimate of drug-likeness (QED) is 0.590. The van der Waals surface area contributed by atoms with E-state index in [1.165, 1.54) is 24.3 Å². The lowest BCUT2D eigenvalue weighted by Crippen LogP contribution is -2.39. The van der Waals surface area contributed by atoms with Crippen LogP contribution < -0.4 is 5.32 Å². The Morgan fingerprint density at radius 1 is 1.06 bits per heavy atom. The average molecular weight is 507 g/mol. The SMILES string of the molecule is O=C(C[C@H]1SC(=Nc2ccc(F)cc2)N(CCCN2CCOCC2)C1=O)Nc1ccc(F)cc1F. The second kappa shape index (κ2) is 11.7. The van der Waals surface area contributed by atoms with Crippen LogP contribution in [0.25, 0.3) is 0 Å². The monoisotopic (exact) mass is 506 g/mol. The number of carbonyl (C=O) groups excluding carboxylic acids is 2. The van der Waals surface area contributed by atoms with Crippen LogP contribution in [0.1, 0.15) is 12.8 Å². The van der Waals surface area contributed by atoms with Crippen molar-refractivity contribution in [3.63, 3.8) is 0 Å². The van der Waals surface area contributed by atoms with Crippen molar-refractivity contribution < 1.29 is 27.5 Å². The van der Waals surface area contributed by atoms with E-state index in [1.54, 1.807) is 4.90 Å². The zero-order valence-corrected chi connectivity index (χ0v) is 19.7. The van der Waals surface area contributed by atoms with E-state index < -0.39 is 28.6 Å². The Morgan fingerprint density at radius 3 is 2.49 bits per heavy atom. The molecule has 2 fully saturated rings. The van der Waals surface area contributed by atoms with Crippen LogP contribution in [0.2, 0.25) is 0 Å². The van der Waals surface area contributed by atoms with E-state index in [1.807, 2.05) is 0 Å². The topological polar surface area (TPSA) is 74.2 Å². The molecule has 2 aliphatic rings. The van der Waals surface area contributed by atoms with Crippen LogP contribution in [0.15, 0.2) is 47.5 Å². The number of halogens is 3. The summed E-state index contributed by atoms with van der Waals surface area (Å²) in [6.07, 6.45) is 0.497. The fourth-order valence-corrected chi connectivity index (χ4v) is 4.98. The minimum atomic E-state index is -0.896. The number of nitrogens with zero attached hydrogens (tertiary/aromatic N) is 3. The molecule has 1 atom stereocenters. The molecule has 2 heterocycles. The van der Waals surface area contributed by atoms with E-state index >= 15 is 0 Å². The smallest absolute Gasteiger partial charge is 0.242 e. The van der Waals surface area contributed by atoms with E-state index in [4.69, 9.17) is 4.74 Å². The summed E-state index contributed by atoms with van der Waals surface area (Å²) < 4.78 is 45.7. The maximum Gasteiger partial charge on any atom is 0.242 e. The van der Waals surface area contributed by atoms with E-state index in [9.17, 15) is 22.8 Å². The highest BCUT2D eigenvalue weighted by Gasteiger charge is 2.39. The molecule has 0 bridgehead atoms. The molecule has 7 nitrogen and oxygen atoms in total. The lowest BCUT2D eigenvalue weighted by molar-refractivity contribution is -0.128. The standard InChI is InChI=1S/C24H25F3N4O3S/c25-16-2-5-18(6-3-16)28-24-31(9-1-8-30-10-12-34-13-11-30)23(33)21(35-24)15-22(32)29-20-7-4-17(26)14-19(20)27/h2-7,14,21H,1,8-13,15H2,(H,29,32)/t21-/m1/s1. The predicted octanol–water partition coefficient (Wildman–Crippen LogP) is 3.79. The molecule has 4 rings (SSSR count). The van der Waals surface area contributed by atoms with Gasteiger partial charge < -0.3 is 10.1 Å². The summed E-state index contributed by atoms with van der Waals surface area (Å²) in [7, 11) is 0. The molecule has 2 aliphatic heterocycles. The number of hydrogen-bond donors (Lipinski definition) is 1. The Morgan fingerprint density at radius 2 is 1.77 bits per heavy atom. The van der Waals surface area contributed by atoms with Gasteiger partial charge in [-0.1, -0.05) is 11.8 Å². The van der Waals surface area contributed by atoms with Gasteiger partial charge in [-0.15, -0.1) is 0 Å². The highest BCUT2D eigenvalue weighted by Crippen LogP contribution is 2.32. The van der Waals surface area contributed by atoms with Crippen LogP contribution in [-0.4, -0.2) is 71.4 Å². The molecule has 11 heteroatoms. The number of benzene rings is 2. The fraction of sp³-hybridized carbons (Fsp3) is 0.375. The van der Waals surface area contributed by atoms with Gasteiger partial charge in [-0.2, -0.15) is 0 Å². The largest absolute Gasteiger partial charge is 0.379 e. The van der Waals surface area contributed by atoms with Crippen LogP contribution in [0, 0.1) is 17.5 Å². The zero-order valence-electron chi connectivity index (χ0n) is 18.9. The molecule has 0 saturated carbocycles. The van der Waals surface area contributed by atoms with Gasteiger partial charge in [0.25, 0.3) is 0 Å². The number of aliphatic imine (C=N–C) groups is 1. The number of amides is 2. The molecule has 0 aliphatic carbocycles. The van der Waals surface area contributed by atoms with Gasteiger partial charge in [0.15, 0.2) is 5.17 Å². The number of nitrogens with one attached hydrogen (secondary N) is 1. The molecule has 2 aromatic carbocycles. The number of carbonyl (C=O) groups is 2. The van der Waals surface area contributed by atoms with Crippen molar-refractivity contribution in [2.24, 2.45) is 4.99 Å². The molecule has 0 unspecified atom stereocenters. The van der Waals surface area contributed by atoms with E-state index in [0.717, 1.165) is 43.5 Å². The third-order valence-corrected chi connectivity index (χ3v) is 6.78. The summed E-state index contributed by atoms with van der Waals surface area (Å²) >= 11 is 1.14. The Balaban J connectivity index is 1.44. The van der Waals surface area contributed by atoms with Gasteiger partial charge in [0.2, 0.25) is 11.8 Å². The Hall–Kier alpha value is -2.89. The van der Waals surface area contributed by atoms with Crippen LogP contribution in [0.5, 0.6) is 0 Å². The number of ether oxygens (including phenoxy) is 1. The summed E-state index contributed by atoms with van der Waals surface area (Å²) in [6, 6.07) is 8.43. The normalized spacial score (nSPS) is 20.0. The lowest BCUT2D eigenvalue weighted by atomic mass is 10.2. The average Bonchev–Trinajstić information content (AvgIpc) is 3.12. The van der Waals surface area contributed by atoms with Gasteiger partial charge in [0.05, 0.1) is 24.6 Å². The van der Waals surface area contributed by atoms with Crippen molar-refractivity contribution in [3.05, 3.63) is 59.9 Å². The van der Waals surface area contributed by atoms with Gasteiger partial charge in [-0.25, -0.2) is 18.2 Å². The Bertz CT molecular complexity index is 1090. The van der Waals surface area contributed by atoms with Gasteiger partial charge >= 0.3 is 0 Å². The number of rotatable bonds is 8. The summed E-state index contributed by atoms with van der Waals surface area (Å²) in [4.78, 5) is 34.0. The maximum absolute atomic E-state index is 13.9. The lowest BCUT2D eigenvalue weighted by Gasteiger charge is -2.27. The molecular formula is C24H25F3N4O3S. The molecular weight excluding hydrogens is 481 g/mol. The molecule has 0 aromatic heterocycles. The van der Waals surface area contributed by atoms with Crippen molar-refractivity contribution in [3.8, 4) is 0 Å². The first kappa shape index (κ1) is 25.2. The third-order valence-electron chi connectivity index (χ3n) is 5.61. The van der Waals surface area contributed by atoms with Gasteiger partial charge in [-0.05, 0) is 42.8 Å². The second-order valence-electron chi connectivity index (χ2n) is 8.15. The van der Waals surface area contributed by atoms with Crippen molar-refractivity contribution in [1.82, 2.24) is 9.80 Å². The van der Waals surface area contributed by atoms with Crippen molar-refractivity contribution in [2.75, 3.05) is 44.7 Å². The van der Waals surface area contributed by atoms with Crippen molar-refractivity contribution in [2.45, 2.75) is 18.1 Å². The number of amidine groups is 1. The maximum atomic E-state index is 13.9. The van der Waals surface area contributed by atoms with Crippen molar-refractivity contribution in [1.29, 1.82) is 0 Å². The number of hydrogen-bond acceptors (Lipinski definition) is 6.